The predicted octanol–water partition coefficient (Wildman–Crippen LogP) is 1.58. The molecule has 7 heteroatoms. The van der Waals surface area contributed by atoms with Crippen LogP contribution in [0, 0.1) is 6.92 Å². The minimum Gasteiger partial charge on any atom is -0.409 e. The second kappa shape index (κ2) is 5.66. The van der Waals surface area contributed by atoms with Crippen molar-refractivity contribution in [1.29, 1.82) is 0 Å². The van der Waals surface area contributed by atoms with Gasteiger partial charge in [0.05, 0.1) is 6.54 Å². The monoisotopic (exact) mass is 277 g/mol. The van der Waals surface area contributed by atoms with Crippen LogP contribution in [0.5, 0.6) is 0 Å². The van der Waals surface area contributed by atoms with Gasteiger partial charge in [0.2, 0.25) is 5.95 Å². The summed E-state index contributed by atoms with van der Waals surface area (Å²) < 4.78 is 0. The quantitative estimate of drug-likeness (QED) is 0.383. The van der Waals surface area contributed by atoms with Gasteiger partial charge in [0.15, 0.2) is 5.84 Å². The van der Waals surface area contributed by atoms with Crippen molar-refractivity contribution in [2.75, 3.05) is 11.9 Å². The van der Waals surface area contributed by atoms with Crippen LogP contribution in [0.1, 0.15) is 16.3 Å². The molecule has 0 bridgehead atoms. The van der Waals surface area contributed by atoms with Gasteiger partial charge in [0, 0.05) is 17.6 Å². The highest BCUT2D eigenvalue weighted by atomic mass is 32.1. The fourth-order valence-corrected chi connectivity index (χ4v) is 2.37. The lowest BCUT2D eigenvalue weighted by atomic mass is 10.3. The van der Waals surface area contributed by atoms with Crippen molar-refractivity contribution < 1.29 is 5.21 Å². The van der Waals surface area contributed by atoms with E-state index in [1.165, 1.54) is 4.88 Å². The number of aryl methyl sites for hydroxylation is 1. The van der Waals surface area contributed by atoms with E-state index in [4.69, 9.17) is 10.9 Å². The number of hydrogen-bond donors (Lipinski definition) is 2. The molecule has 6 nitrogen and oxygen atoms in total. The normalized spacial score (nSPS) is 11.6. The number of nitrogens with zero attached hydrogens (tertiary/aromatic N) is 4. The first-order chi connectivity index (χ1) is 9.10. The summed E-state index contributed by atoms with van der Waals surface area (Å²) in [4.78, 5) is 11.8. The van der Waals surface area contributed by atoms with Gasteiger partial charge in [0.25, 0.3) is 0 Å². The molecule has 0 amide bonds. The maximum absolute atomic E-state index is 8.71. The Morgan fingerprint density at radius 1 is 1.53 bits per heavy atom. The highest BCUT2D eigenvalue weighted by Crippen LogP contribution is 2.15. The molecule has 0 fully saturated rings. The largest absolute Gasteiger partial charge is 0.409 e. The van der Waals surface area contributed by atoms with Crippen LogP contribution in [0.25, 0.3) is 0 Å². The standard InChI is InChI=1S/C12H15N5OS/c1-8-6-10(11(13)16-18)15-12(14-8)17(2)7-9-4-3-5-19-9/h3-6,18H,7H2,1-2H3,(H2,13,16). The molecule has 2 aromatic rings. The summed E-state index contributed by atoms with van der Waals surface area (Å²) in [5.41, 5.74) is 6.75. The van der Waals surface area contributed by atoms with Crippen molar-refractivity contribution >= 4 is 23.1 Å². The molecule has 2 heterocycles. The third-order valence-electron chi connectivity index (χ3n) is 2.53. The first-order valence-electron chi connectivity index (χ1n) is 5.67. The van der Waals surface area contributed by atoms with E-state index in [2.05, 4.69) is 21.2 Å². The van der Waals surface area contributed by atoms with Crippen LogP contribution >= 0.6 is 11.3 Å². The molecule has 0 saturated heterocycles. The molecule has 0 aliphatic carbocycles. The number of anilines is 1. The number of rotatable bonds is 4. The Morgan fingerprint density at radius 2 is 2.32 bits per heavy atom. The molecule has 0 spiro atoms. The Morgan fingerprint density at radius 3 is 2.95 bits per heavy atom. The minimum atomic E-state index is -0.0173. The van der Waals surface area contributed by atoms with Crippen LogP contribution in [0.4, 0.5) is 5.95 Å². The predicted molar refractivity (Wildman–Crippen MR) is 75.7 cm³/mol. The van der Waals surface area contributed by atoms with E-state index in [9.17, 15) is 0 Å². The van der Waals surface area contributed by atoms with Crippen LogP contribution < -0.4 is 10.6 Å². The van der Waals surface area contributed by atoms with Crippen LogP contribution in [0.2, 0.25) is 0 Å². The smallest absolute Gasteiger partial charge is 0.226 e. The fourth-order valence-electron chi connectivity index (χ4n) is 1.61. The number of hydrogen-bond acceptors (Lipinski definition) is 6. The number of aromatic nitrogens is 2. The van der Waals surface area contributed by atoms with Crippen molar-refractivity contribution in [2.45, 2.75) is 13.5 Å². The molecule has 0 aliphatic heterocycles. The molecule has 19 heavy (non-hydrogen) atoms. The number of oxime groups is 1. The molecule has 0 atom stereocenters. The molecule has 2 rings (SSSR count). The molecular weight excluding hydrogens is 262 g/mol. The van der Waals surface area contributed by atoms with Gasteiger partial charge in [-0.1, -0.05) is 11.2 Å². The number of nitrogens with two attached hydrogens (primary N) is 1. The van der Waals surface area contributed by atoms with Gasteiger partial charge in [-0.15, -0.1) is 11.3 Å². The Bertz CT molecular complexity index is 582. The number of thiophene rings is 1. The van der Waals surface area contributed by atoms with E-state index in [0.717, 1.165) is 12.2 Å². The van der Waals surface area contributed by atoms with Crippen LogP contribution in [-0.2, 0) is 6.54 Å². The van der Waals surface area contributed by atoms with E-state index in [0.29, 0.717) is 11.6 Å². The van der Waals surface area contributed by atoms with Crippen LogP contribution in [0.3, 0.4) is 0 Å². The molecule has 3 N–H and O–H groups in total. The van der Waals surface area contributed by atoms with Gasteiger partial charge in [-0.2, -0.15) is 0 Å². The second-order valence-corrected chi connectivity index (χ2v) is 5.15. The SMILES string of the molecule is Cc1cc(/C(N)=N/O)nc(N(C)Cc2cccs2)n1. The average molecular weight is 277 g/mol. The minimum absolute atomic E-state index is 0.0173. The molecule has 0 saturated carbocycles. The molecular formula is C12H15N5OS. The summed E-state index contributed by atoms with van der Waals surface area (Å²) in [5, 5.41) is 13.7. The average Bonchev–Trinajstić information content (AvgIpc) is 2.89. The van der Waals surface area contributed by atoms with Crippen molar-refractivity contribution in [3.05, 3.63) is 39.8 Å². The Balaban J connectivity index is 2.26. The second-order valence-electron chi connectivity index (χ2n) is 4.12. The third kappa shape index (κ3) is 3.19. The fraction of sp³-hybridized carbons (Fsp3) is 0.250. The highest BCUT2D eigenvalue weighted by Gasteiger charge is 2.10. The Hall–Kier alpha value is -2.15. The van der Waals surface area contributed by atoms with Crippen molar-refractivity contribution in [3.8, 4) is 0 Å². The van der Waals surface area contributed by atoms with Crippen molar-refractivity contribution in [3.63, 3.8) is 0 Å². The van der Waals surface area contributed by atoms with Crippen LogP contribution in [0.15, 0.2) is 28.7 Å². The van der Waals surface area contributed by atoms with Gasteiger partial charge in [-0.25, -0.2) is 9.97 Å². The molecule has 0 unspecified atom stereocenters. The summed E-state index contributed by atoms with van der Waals surface area (Å²) in [5.74, 6) is 0.534. The summed E-state index contributed by atoms with van der Waals surface area (Å²) in [6, 6.07) is 5.74. The summed E-state index contributed by atoms with van der Waals surface area (Å²) in [7, 11) is 1.91. The van der Waals surface area contributed by atoms with E-state index < -0.39 is 0 Å². The maximum atomic E-state index is 8.71. The van der Waals surface area contributed by atoms with Gasteiger partial charge < -0.3 is 15.8 Å². The van der Waals surface area contributed by atoms with E-state index in [-0.39, 0.29) is 5.84 Å². The van der Waals surface area contributed by atoms with E-state index in [1.807, 2.05) is 30.3 Å². The van der Waals surface area contributed by atoms with Gasteiger partial charge in [-0.3, -0.25) is 0 Å². The highest BCUT2D eigenvalue weighted by molar-refractivity contribution is 7.09. The molecule has 0 aliphatic rings. The van der Waals surface area contributed by atoms with Crippen LogP contribution in [-0.4, -0.2) is 28.1 Å². The van der Waals surface area contributed by atoms with Gasteiger partial charge in [0.1, 0.15) is 5.69 Å². The van der Waals surface area contributed by atoms with E-state index >= 15 is 0 Å². The third-order valence-corrected chi connectivity index (χ3v) is 3.39. The summed E-state index contributed by atoms with van der Waals surface area (Å²) >= 11 is 1.68. The molecule has 0 aromatic carbocycles. The molecule has 0 radical (unpaired) electrons. The van der Waals surface area contributed by atoms with Gasteiger partial charge >= 0.3 is 0 Å². The lowest BCUT2D eigenvalue weighted by Crippen LogP contribution is -2.22. The zero-order valence-electron chi connectivity index (χ0n) is 10.7. The zero-order valence-corrected chi connectivity index (χ0v) is 11.6. The van der Waals surface area contributed by atoms with E-state index in [1.54, 1.807) is 17.4 Å². The summed E-state index contributed by atoms with van der Waals surface area (Å²) in [6.45, 7) is 2.56. The lowest BCUT2D eigenvalue weighted by Gasteiger charge is -2.17. The van der Waals surface area contributed by atoms with Crippen molar-refractivity contribution in [1.82, 2.24) is 9.97 Å². The van der Waals surface area contributed by atoms with Gasteiger partial charge in [-0.05, 0) is 24.4 Å². The summed E-state index contributed by atoms with van der Waals surface area (Å²) in [6.07, 6.45) is 0. The molecule has 100 valence electrons. The van der Waals surface area contributed by atoms with Crippen molar-refractivity contribution in [2.24, 2.45) is 10.9 Å². The Kier molecular flexibility index (Phi) is 3.96. The maximum Gasteiger partial charge on any atom is 0.226 e. The first-order valence-corrected chi connectivity index (χ1v) is 6.55. The topological polar surface area (TPSA) is 87.6 Å². The number of amidine groups is 1. The first kappa shape index (κ1) is 13.3. The zero-order chi connectivity index (χ0) is 13.8. The Labute approximate surface area is 115 Å². The molecule has 2 aromatic heterocycles. The lowest BCUT2D eigenvalue weighted by molar-refractivity contribution is 0.318.